The van der Waals surface area contributed by atoms with Crippen LogP contribution >= 0.6 is 0 Å². The molecule has 0 radical (unpaired) electrons. The van der Waals surface area contributed by atoms with E-state index in [4.69, 9.17) is 4.74 Å². The maximum atomic E-state index is 13.1. The molecule has 1 N–H and O–H groups in total. The highest BCUT2D eigenvalue weighted by molar-refractivity contribution is 7.93. The van der Waals surface area contributed by atoms with Crippen molar-refractivity contribution in [3.8, 4) is 5.75 Å². The maximum absolute atomic E-state index is 13.1. The number of hydrogen-bond donors (Lipinski definition) is 1. The number of ether oxygens (including phenoxy) is 1. The fourth-order valence-electron chi connectivity index (χ4n) is 2.39. The Morgan fingerprint density at radius 2 is 1.63 bits per heavy atom. The second kappa shape index (κ2) is 9.01. The summed E-state index contributed by atoms with van der Waals surface area (Å²) >= 11 is 0. The molecule has 1 atom stereocenters. The molecule has 146 valence electrons. The number of carbonyl (C=O) groups is 1. The summed E-state index contributed by atoms with van der Waals surface area (Å²) in [5.74, 6) is -0.300. The van der Waals surface area contributed by atoms with Crippen LogP contribution in [0.4, 0.5) is 5.69 Å². The molecular formula is C20H25NO5S. The van der Waals surface area contributed by atoms with Crippen molar-refractivity contribution in [2.75, 3.05) is 10.9 Å². The minimum atomic E-state index is -4.13. The summed E-state index contributed by atoms with van der Waals surface area (Å²) < 4.78 is 32.6. The number of hydrogen-bond acceptors (Lipinski definition) is 5. The van der Waals surface area contributed by atoms with Crippen LogP contribution in [-0.4, -0.2) is 32.1 Å². The molecule has 7 heteroatoms. The molecule has 2 aromatic rings. The van der Waals surface area contributed by atoms with E-state index in [1.54, 1.807) is 18.2 Å². The van der Waals surface area contributed by atoms with Crippen LogP contribution in [0.3, 0.4) is 0 Å². The summed E-state index contributed by atoms with van der Waals surface area (Å²) in [6, 6.07) is 13.2. The summed E-state index contributed by atoms with van der Waals surface area (Å²) in [6.07, 6.45) is -0.168. The standard InChI is InChI=1S/C20H25NO5S/c1-15(2)13-14-26-16(3)20(23)21(17-9-11-18(22)12-10-17)27(24,25)19-7-5-4-6-8-19/h4-12,15-16,22H,13-14H2,1-3H3. The highest BCUT2D eigenvalue weighted by Gasteiger charge is 2.34. The van der Waals surface area contributed by atoms with Gasteiger partial charge in [0.1, 0.15) is 11.9 Å². The van der Waals surface area contributed by atoms with Gasteiger partial charge in [-0.3, -0.25) is 4.79 Å². The topological polar surface area (TPSA) is 83.9 Å². The summed E-state index contributed by atoms with van der Waals surface area (Å²) in [7, 11) is -4.13. The van der Waals surface area contributed by atoms with Gasteiger partial charge in [-0.1, -0.05) is 32.0 Å². The summed E-state index contributed by atoms with van der Waals surface area (Å²) in [6.45, 7) is 5.98. The quantitative estimate of drug-likeness (QED) is 0.744. The highest BCUT2D eigenvalue weighted by Crippen LogP contribution is 2.26. The van der Waals surface area contributed by atoms with Crippen LogP contribution in [0.1, 0.15) is 27.2 Å². The van der Waals surface area contributed by atoms with E-state index in [-0.39, 0.29) is 16.3 Å². The van der Waals surface area contributed by atoms with Gasteiger partial charge in [-0.15, -0.1) is 0 Å². The minimum Gasteiger partial charge on any atom is -0.508 e. The van der Waals surface area contributed by atoms with Gasteiger partial charge in [-0.25, -0.2) is 12.7 Å². The Balaban J connectivity index is 2.38. The molecule has 0 aromatic heterocycles. The molecule has 1 unspecified atom stereocenters. The smallest absolute Gasteiger partial charge is 0.270 e. The zero-order valence-corrected chi connectivity index (χ0v) is 16.5. The number of phenolic OH excluding ortho intramolecular Hbond substituents is 1. The normalized spacial score (nSPS) is 12.7. The van der Waals surface area contributed by atoms with E-state index in [0.717, 1.165) is 10.7 Å². The summed E-state index contributed by atoms with van der Waals surface area (Å²) in [4.78, 5) is 13.0. The molecule has 0 fully saturated rings. The van der Waals surface area contributed by atoms with Crippen molar-refractivity contribution in [3.05, 3.63) is 54.6 Å². The Hall–Kier alpha value is -2.38. The highest BCUT2D eigenvalue weighted by atomic mass is 32.2. The van der Waals surface area contributed by atoms with Crippen LogP contribution in [0.5, 0.6) is 5.75 Å². The first kappa shape index (κ1) is 20.9. The van der Waals surface area contributed by atoms with Crippen LogP contribution in [-0.2, 0) is 19.6 Å². The number of amides is 1. The second-order valence-corrected chi connectivity index (χ2v) is 8.42. The van der Waals surface area contributed by atoms with Gasteiger partial charge in [0.25, 0.3) is 15.9 Å². The zero-order chi connectivity index (χ0) is 20.0. The van der Waals surface area contributed by atoms with Crippen LogP contribution in [0.2, 0.25) is 0 Å². The minimum absolute atomic E-state index is 0.000746. The summed E-state index contributed by atoms with van der Waals surface area (Å²) in [5.41, 5.74) is 0.140. The van der Waals surface area contributed by atoms with Gasteiger partial charge < -0.3 is 9.84 Å². The van der Waals surface area contributed by atoms with Crippen LogP contribution in [0.15, 0.2) is 59.5 Å². The third-order valence-corrected chi connectivity index (χ3v) is 5.72. The number of anilines is 1. The Kier molecular flexibility index (Phi) is 6.98. The number of rotatable bonds is 8. The number of benzene rings is 2. The molecule has 0 bridgehead atoms. The van der Waals surface area contributed by atoms with Gasteiger partial charge >= 0.3 is 0 Å². The molecule has 0 saturated heterocycles. The number of sulfonamides is 1. The van der Waals surface area contributed by atoms with Gasteiger partial charge in [0, 0.05) is 6.61 Å². The molecule has 0 heterocycles. The van der Waals surface area contributed by atoms with E-state index in [9.17, 15) is 18.3 Å². The SMILES string of the molecule is CC(C)CCOC(C)C(=O)N(c1ccc(O)cc1)S(=O)(=O)c1ccccc1. The Morgan fingerprint density at radius 3 is 2.19 bits per heavy atom. The average molecular weight is 391 g/mol. The van der Waals surface area contributed by atoms with E-state index in [2.05, 4.69) is 0 Å². The van der Waals surface area contributed by atoms with Crippen molar-refractivity contribution in [1.29, 1.82) is 0 Å². The van der Waals surface area contributed by atoms with Crippen molar-refractivity contribution in [2.24, 2.45) is 5.92 Å². The monoisotopic (exact) mass is 391 g/mol. The maximum Gasteiger partial charge on any atom is 0.270 e. The van der Waals surface area contributed by atoms with Crippen molar-refractivity contribution in [2.45, 2.75) is 38.2 Å². The molecule has 0 spiro atoms. The predicted molar refractivity (Wildman–Crippen MR) is 104 cm³/mol. The lowest BCUT2D eigenvalue weighted by molar-refractivity contribution is -0.127. The Labute approximate surface area is 160 Å². The van der Waals surface area contributed by atoms with Gasteiger partial charge in [-0.2, -0.15) is 0 Å². The summed E-state index contributed by atoms with van der Waals surface area (Å²) in [5, 5.41) is 9.50. The zero-order valence-electron chi connectivity index (χ0n) is 15.7. The van der Waals surface area contributed by atoms with Crippen molar-refractivity contribution >= 4 is 21.6 Å². The first-order valence-corrected chi connectivity index (χ1v) is 10.2. The lowest BCUT2D eigenvalue weighted by atomic mass is 10.1. The van der Waals surface area contributed by atoms with E-state index in [1.165, 1.54) is 43.3 Å². The lowest BCUT2D eigenvalue weighted by Crippen LogP contribution is -2.43. The Bertz CT molecular complexity index is 848. The fraction of sp³-hybridized carbons (Fsp3) is 0.350. The average Bonchev–Trinajstić information content (AvgIpc) is 2.63. The Morgan fingerprint density at radius 1 is 1.04 bits per heavy atom. The molecule has 0 aliphatic carbocycles. The molecule has 1 amide bonds. The number of nitrogens with zero attached hydrogens (tertiary/aromatic N) is 1. The third-order valence-electron chi connectivity index (χ3n) is 3.98. The van der Waals surface area contributed by atoms with E-state index in [1.807, 2.05) is 13.8 Å². The molecule has 27 heavy (non-hydrogen) atoms. The predicted octanol–water partition coefficient (Wildman–Crippen LogP) is 3.57. The van der Waals surface area contributed by atoms with Crippen LogP contribution in [0.25, 0.3) is 0 Å². The van der Waals surface area contributed by atoms with Crippen LogP contribution < -0.4 is 4.31 Å². The van der Waals surface area contributed by atoms with Gasteiger partial charge in [0.15, 0.2) is 0 Å². The molecule has 0 aliphatic rings. The molecule has 0 aliphatic heterocycles. The first-order valence-electron chi connectivity index (χ1n) is 8.78. The fourth-order valence-corrected chi connectivity index (χ4v) is 3.88. The molecule has 6 nitrogen and oxygen atoms in total. The number of phenols is 1. The van der Waals surface area contributed by atoms with Crippen molar-refractivity contribution < 1.29 is 23.1 Å². The number of aromatic hydroxyl groups is 1. The molecule has 2 rings (SSSR count). The molecular weight excluding hydrogens is 366 g/mol. The largest absolute Gasteiger partial charge is 0.508 e. The van der Waals surface area contributed by atoms with E-state index < -0.39 is 22.0 Å². The van der Waals surface area contributed by atoms with E-state index >= 15 is 0 Å². The lowest BCUT2D eigenvalue weighted by Gasteiger charge is -2.25. The third kappa shape index (κ3) is 5.30. The van der Waals surface area contributed by atoms with Crippen molar-refractivity contribution in [3.63, 3.8) is 0 Å². The van der Waals surface area contributed by atoms with Crippen LogP contribution in [0, 0.1) is 5.92 Å². The number of carbonyl (C=O) groups excluding carboxylic acids is 1. The van der Waals surface area contributed by atoms with Gasteiger partial charge in [-0.05, 0) is 55.7 Å². The van der Waals surface area contributed by atoms with Gasteiger partial charge in [0.05, 0.1) is 10.6 Å². The molecule has 2 aromatic carbocycles. The van der Waals surface area contributed by atoms with Crippen molar-refractivity contribution in [1.82, 2.24) is 0 Å². The first-order chi connectivity index (χ1) is 12.7. The van der Waals surface area contributed by atoms with E-state index in [0.29, 0.717) is 12.5 Å². The molecule has 0 saturated carbocycles. The second-order valence-electron chi connectivity index (χ2n) is 6.63. The van der Waals surface area contributed by atoms with Gasteiger partial charge in [0.2, 0.25) is 0 Å².